The number of thioether (sulfide) groups is 1. The van der Waals surface area contributed by atoms with Gasteiger partial charge in [0.25, 0.3) is 0 Å². The Morgan fingerprint density at radius 1 is 1.27 bits per heavy atom. The van der Waals surface area contributed by atoms with Crippen molar-refractivity contribution in [2.24, 2.45) is 0 Å². The zero-order valence-electron chi connectivity index (χ0n) is 13.1. The fourth-order valence-corrected chi connectivity index (χ4v) is 4.04. The monoisotopic (exact) mass is 337 g/mol. The van der Waals surface area contributed by atoms with Crippen LogP contribution in [0.2, 0.25) is 5.02 Å². The highest BCUT2D eigenvalue weighted by atomic mass is 35.5. The Bertz CT molecular complexity index is 664. The number of carbonyl (C=O) groups is 1. The number of benzene rings is 1. The van der Waals surface area contributed by atoms with Crippen LogP contribution >= 0.6 is 23.4 Å². The molecule has 118 valence electrons. The average molecular weight is 338 g/mol. The Kier molecular flexibility index (Phi) is 5.24. The lowest BCUT2D eigenvalue weighted by Gasteiger charge is -2.31. The van der Waals surface area contributed by atoms with Crippen LogP contribution in [0.15, 0.2) is 46.1 Å². The minimum atomic E-state index is -0.913. The van der Waals surface area contributed by atoms with E-state index in [9.17, 15) is 9.90 Å². The maximum Gasteiger partial charge on any atom is 0.334 e. The van der Waals surface area contributed by atoms with Gasteiger partial charge in [0.15, 0.2) is 0 Å². The number of dihydropyridines is 1. The number of hydrogen-bond acceptors (Lipinski definition) is 3. The van der Waals surface area contributed by atoms with Gasteiger partial charge in [-0.15, -0.1) is 11.8 Å². The summed E-state index contributed by atoms with van der Waals surface area (Å²) < 4.78 is 0. The van der Waals surface area contributed by atoms with Crippen LogP contribution in [0.3, 0.4) is 0 Å². The Balaban J connectivity index is 2.65. The number of nitrogens with one attached hydrogen (secondary N) is 1. The Morgan fingerprint density at radius 3 is 2.45 bits per heavy atom. The van der Waals surface area contributed by atoms with E-state index < -0.39 is 5.97 Å². The Labute approximate surface area is 140 Å². The molecule has 0 amide bonds. The van der Waals surface area contributed by atoms with Crippen molar-refractivity contribution in [3.63, 3.8) is 0 Å². The molecule has 1 aliphatic heterocycles. The van der Waals surface area contributed by atoms with Gasteiger partial charge >= 0.3 is 5.97 Å². The van der Waals surface area contributed by atoms with Crippen molar-refractivity contribution >= 4 is 29.3 Å². The van der Waals surface area contributed by atoms with E-state index in [2.05, 4.69) is 19.2 Å². The van der Waals surface area contributed by atoms with Crippen molar-refractivity contribution in [3.8, 4) is 0 Å². The average Bonchev–Trinajstić information content (AvgIpc) is 2.41. The van der Waals surface area contributed by atoms with Crippen molar-refractivity contribution in [2.75, 3.05) is 0 Å². The van der Waals surface area contributed by atoms with Crippen molar-refractivity contribution in [1.29, 1.82) is 0 Å². The second-order valence-electron chi connectivity index (χ2n) is 5.58. The summed E-state index contributed by atoms with van der Waals surface area (Å²) in [5.41, 5.74) is 2.86. The second kappa shape index (κ2) is 6.80. The maximum absolute atomic E-state index is 11.8. The summed E-state index contributed by atoms with van der Waals surface area (Å²) >= 11 is 8.04. The van der Waals surface area contributed by atoms with Crippen molar-refractivity contribution < 1.29 is 9.90 Å². The number of halogens is 1. The molecule has 0 bridgehead atoms. The minimum Gasteiger partial charge on any atom is -0.478 e. The summed E-state index contributed by atoms with van der Waals surface area (Å²) in [6.07, 6.45) is 0. The molecule has 0 fully saturated rings. The van der Waals surface area contributed by atoms with Crippen molar-refractivity contribution in [3.05, 3.63) is 56.7 Å². The lowest BCUT2D eigenvalue weighted by molar-refractivity contribution is -0.133. The number of aliphatic carboxylic acids is 1. The largest absolute Gasteiger partial charge is 0.478 e. The topological polar surface area (TPSA) is 49.3 Å². The molecule has 1 aromatic carbocycles. The first kappa shape index (κ1) is 17.0. The first-order valence-corrected chi connectivity index (χ1v) is 8.41. The van der Waals surface area contributed by atoms with Crippen LogP contribution < -0.4 is 5.32 Å². The number of rotatable bonds is 4. The summed E-state index contributed by atoms with van der Waals surface area (Å²) in [6, 6.07) is 7.46. The molecule has 2 rings (SSSR count). The molecule has 3 nitrogen and oxygen atoms in total. The van der Waals surface area contributed by atoms with Gasteiger partial charge in [0.2, 0.25) is 0 Å². The normalized spacial score (nSPS) is 18.7. The zero-order chi connectivity index (χ0) is 16.4. The molecule has 22 heavy (non-hydrogen) atoms. The molecule has 1 unspecified atom stereocenters. The van der Waals surface area contributed by atoms with E-state index >= 15 is 0 Å². The molecule has 5 heteroatoms. The molecular formula is C17H20ClNO2S. The van der Waals surface area contributed by atoms with Crippen molar-refractivity contribution in [1.82, 2.24) is 5.32 Å². The zero-order valence-corrected chi connectivity index (χ0v) is 14.7. The predicted molar refractivity (Wildman–Crippen MR) is 93.1 cm³/mol. The second-order valence-corrected chi connectivity index (χ2v) is 7.60. The van der Waals surface area contributed by atoms with E-state index in [0.29, 0.717) is 21.5 Å². The first-order chi connectivity index (χ1) is 10.3. The minimum absolute atomic E-state index is 0.333. The van der Waals surface area contributed by atoms with Crippen LogP contribution in [0.25, 0.3) is 0 Å². The van der Waals surface area contributed by atoms with Gasteiger partial charge in [-0.3, -0.25) is 0 Å². The fourth-order valence-electron chi connectivity index (χ4n) is 2.67. The van der Waals surface area contributed by atoms with Crippen LogP contribution in [-0.2, 0) is 4.79 Å². The third kappa shape index (κ3) is 3.33. The maximum atomic E-state index is 11.8. The highest BCUT2D eigenvalue weighted by molar-refractivity contribution is 8.03. The number of allylic oxidation sites excluding steroid dienone is 3. The standard InChI is InChI=1S/C17H20ClNO2S/c1-9(2)22-16-11(4)19-10(3)14(17(20)21)15(16)12-7-5-6-8-13(12)18/h5-9,15,19H,1-4H3,(H,20,21). The lowest BCUT2D eigenvalue weighted by atomic mass is 9.86. The van der Waals surface area contributed by atoms with E-state index in [1.54, 1.807) is 24.8 Å². The fraction of sp³-hybridized carbons (Fsp3) is 0.353. The first-order valence-electron chi connectivity index (χ1n) is 7.15. The Hall–Kier alpha value is -1.39. The molecule has 1 aromatic rings. The van der Waals surface area contributed by atoms with Gasteiger partial charge in [-0.25, -0.2) is 4.79 Å². The van der Waals surface area contributed by atoms with Crippen LogP contribution in [0.1, 0.15) is 39.2 Å². The third-order valence-corrected chi connectivity index (χ3v) is 5.12. The summed E-state index contributed by atoms with van der Waals surface area (Å²) in [7, 11) is 0. The third-order valence-electron chi connectivity index (χ3n) is 3.51. The molecule has 1 aliphatic rings. The molecule has 0 saturated carbocycles. The van der Waals surface area contributed by atoms with Crippen LogP contribution in [0, 0.1) is 0 Å². The highest BCUT2D eigenvalue weighted by Crippen LogP contribution is 2.46. The molecule has 0 saturated heterocycles. The molecule has 2 N–H and O–H groups in total. The lowest BCUT2D eigenvalue weighted by Crippen LogP contribution is -2.27. The Morgan fingerprint density at radius 2 is 1.91 bits per heavy atom. The molecule has 0 spiro atoms. The summed E-state index contributed by atoms with van der Waals surface area (Å²) in [5.74, 6) is -1.25. The van der Waals surface area contributed by atoms with E-state index in [4.69, 9.17) is 11.6 Å². The summed E-state index contributed by atoms with van der Waals surface area (Å²) in [5, 5.41) is 13.8. The van der Waals surface area contributed by atoms with E-state index in [0.717, 1.165) is 16.2 Å². The molecule has 0 radical (unpaired) electrons. The van der Waals surface area contributed by atoms with E-state index in [-0.39, 0.29) is 5.92 Å². The van der Waals surface area contributed by atoms with Gasteiger partial charge in [0, 0.05) is 26.6 Å². The van der Waals surface area contributed by atoms with Gasteiger partial charge in [-0.05, 0) is 25.5 Å². The predicted octanol–water partition coefficient (Wildman–Crippen LogP) is 4.76. The SMILES string of the molecule is CC1=C(SC(C)C)C(c2ccccc2Cl)C(C(=O)O)=C(C)N1. The smallest absolute Gasteiger partial charge is 0.334 e. The van der Waals surface area contributed by atoms with Gasteiger partial charge in [0.1, 0.15) is 0 Å². The van der Waals surface area contributed by atoms with E-state index in [1.165, 1.54) is 0 Å². The van der Waals surface area contributed by atoms with Crippen LogP contribution in [-0.4, -0.2) is 16.3 Å². The molecule has 1 heterocycles. The van der Waals surface area contributed by atoms with Crippen LogP contribution in [0.4, 0.5) is 0 Å². The van der Waals surface area contributed by atoms with E-state index in [1.807, 2.05) is 25.1 Å². The van der Waals surface area contributed by atoms with Gasteiger partial charge in [-0.2, -0.15) is 0 Å². The van der Waals surface area contributed by atoms with Crippen LogP contribution in [0.5, 0.6) is 0 Å². The molecule has 0 aliphatic carbocycles. The van der Waals surface area contributed by atoms with Gasteiger partial charge in [-0.1, -0.05) is 43.6 Å². The molecular weight excluding hydrogens is 318 g/mol. The quantitative estimate of drug-likeness (QED) is 0.831. The summed E-state index contributed by atoms with van der Waals surface area (Å²) in [4.78, 5) is 12.8. The molecule has 0 aromatic heterocycles. The van der Waals surface area contributed by atoms with Gasteiger partial charge < -0.3 is 10.4 Å². The number of carboxylic acids is 1. The van der Waals surface area contributed by atoms with Crippen molar-refractivity contribution in [2.45, 2.75) is 38.9 Å². The molecule has 1 atom stereocenters. The number of carboxylic acid groups (broad SMARTS) is 1. The van der Waals surface area contributed by atoms with Gasteiger partial charge in [0.05, 0.1) is 11.5 Å². The summed E-state index contributed by atoms with van der Waals surface area (Å²) in [6.45, 7) is 7.98. The highest BCUT2D eigenvalue weighted by Gasteiger charge is 2.34. The number of hydrogen-bond donors (Lipinski definition) is 2.